The molecule has 7 heteroatoms. The zero-order chi connectivity index (χ0) is 16.8. The van der Waals surface area contributed by atoms with E-state index in [9.17, 15) is 9.59 Å². The first kappa shape index (κ1) is 17.1. The lowest BCUT2D eigenvalue weighted by atomic mass is 10.00. The number of nitrogens with one attached hydrogen (secondary N) is 2. The zero-order valence-electron chi connectivity index (χ0n) is 13.7. The molecule has 1 aliphatic heterocycles. The minimum absolute atomic E-state index is 0.294. The second kappa shape index (κ2) is 7.82. The van der Waals surface area contributed by atoms with Gasteiger partial charge in [0, 0.05) is 12.2 Å². The summed E-state index contributed by atoms with van der Waals surface area (Å²) in [6, 6.07) is 3.07. The number of carbonyl (C=O) groups excluding carboxylic acids is 2. The molecule has 2 N–H and O–H groups in total. The van der Waals surface area contributed by atoms with E-state index in [1.807, 2.05) is 31.0 Å². The van der Waals surface area contributed by atoms with Crippen LogP contribution in [0.4, 0.5) is 4.79 Å². The Hall–Kier alpha value is -2.28. The van der Waals surface area contributed by atoms with Crippen LogP contribution in [0, 0.1) is 0 Å². The summed E-state index contributed by atoms with van der Waals surface area (Å²) < 4.78 is 10.5. The summed E-state index contributed by atoms with van der Waals surface area (Å²) in [4.78, 5) is 26.1. The number of furan rings is 1. The first-order valence-corrected chi connectivity index (χ1v) is 7.73. The number of urea groups is 1. The van der Waals surface area contributed by atoms with Crippen LogP contribution >= 0.6 is 0 Å². The van der Waals surface area contributed by atoms with E-state index < -0.39 is 5.97 Å². The number of ether oxygens (including phenoxy) is 1. The molecular weight excluding hydrogens is 298 g/mol. The van der Waals surface area contributed by atoms with Crippen LogP contribution in [-0.4, -0.2) is 43.1 Å². The smallest absolute Gasteiger partial charge is 0.337 e. The third-order valence-electron chi connectivity index (χ3n) is 3.58. The van der Waals surface area contributed by atoms with Crippen LogP contribution in [0.15, 0.2) is 34.1 Å². The molecule has 2 heterocycles. The second-order valence-corrected chi connectivity index (χ2v) is 5.42. The van der Waals surface area contributed by atoms with E-state index in [0.29, 0.717) is 37.4 Å². The fourth-order valence-corrected chi connectivity index (χ4v) is 2.58. The van der Waals surface area contributed by atoms with Crippen molar-refractivity contribution < 1.29 is 18.7 Å². The van der Waals surface area contributed by atoms with Gasteiger partial charge in [0.25, 0.3) is 0 Å². The Morgan fingerprint density at radius 3 is 2.78 bits per heavy atom. The van der Waals surface area contributed by atoms with Crippen molar-refractivity contribution in [2.75, 3.05) is 20.2 Å². The highest BCUT2D eigenvalue weighted by Crippen LogP contribution is 2.18. The van der Waals surface area contributed by atoms with Gasteiger partial charge >= 0.3 is 12.0 Å². The summed E-state index contributed by atoms with van der Waals surface area (Å²) in [7, 11) is 1.90. The summed E-state index contributed by atoms with van der Waals surface area (Å²) in [6.07, 6.45) is 2.23. The second-order valence-electron chi connectivity index (χ2n) is 5.42. The van der Waals surface area contributed by atoms with Crippen molar-refractivity contribution in [2.24, 2.45) is 0 Å². The van der Waals surface area contributed by atoms with Crippen molar-refractivity contribution in [2.45, 2.75) is 32.9 Å². The summed E-state index contributed by atoms with van der Waals surface area (Å²) in [6.45, 7) is 4.96. The number of rotatable bonds is 7. The van der Waals surface area contributed by atoms with E-state index in [1.54, 1.807) is 13.2 Å². The fraction of sp³-hybridized carbons (Fsp3) is 0.500. The minimum atomic E-state index is -0.395. The highest BCUT2D eigenvalue weighted by atomic mass is 16.5. The standard InChI is InChI=1S/C16H23N3O4/c1-4-12-14(15(20)22-5-2)13(18-16(21)17-12)10-19(3)9-11-7-6-8-23-11/h6-8,12H,4-5,9-10H2,1-3H3,(H2,17,18,21)/t12-/m0/s1. The molecular formula is C16H23N3O4. The molecule has 0 radical (unpaired) electrons. The maximum atomic E-state index is 12.3. The average molecular weight is 321 g/mol. The van der Waals surface area contributed by atoms with Crippen molar-refractivity contribution >= 4 is 12.0 Å². The van der Waals surface area contributed by atoms with Gasteiger partial charge in [-0.1, -0.05) is 6.92 Å². The Kier molecular flexibility index (Phi) is 5.81. The normalized spacial score (nSPS) is 17.9. The molecule has 0 saturated carbocycles. The lowest BCUT2D eigenvalue weighted by Crippen LogP contribution is -2.51. The summed E-state index contributed by atoms with van der Waals surface area (Å²) in [5, 5.41) is 5.50. The Morgan fingerprint density at radius 1 is 1.39 bits per heavy atom. The van der Waals surface area contributed by atoms with Gasteiger partial charge in [0.05, 0.1) is 31.0 Å². The van der Waals surface area contributed by atoms with Gasteiger partial charge < -0.3 is 19.8 Å². The number of hydrogen-bond donors (Lipinski definition) is 2. The largest absolute Gasteiger partial charge is 0.468 e. The van der Waals surface area contributed by atoms with E-state index in [2.05, 4.69) is 10.6 Å². The van der Waals surface area contributed by atoms with Gasteiger partial charge in [-0.25, -0.2) is 9.59 Å². The van der Waals surface area contributed by atoms with Crippen molar-refractivity contribution in [3.63, 3.8) is 0 Å². The molecule has 0 spiro atoms. The topological polar surface area (TPSA) is 83.8 Å². The number of amides is 2. The maximum Gasteiger partial charge on any atom is 0.337 e. The van der Waals surface area contributed by atoms with Crippen molar-refractivity contribution in [3.05, 3.63) is 35.4 Å². The first-order chi connectivity index (χ1) is 11.0. The van der Waals surface area contributed by atoms with Gasteiger partial charge in [-0.15, -0.1) is 0 Å². The molecule has 2 amide bonds. The first-order valence-electron chi connectivity index (χ1n) is 7.73. The Bertz CT molecular complexity index is 580. The van der Waals surface area contributed by atoms with E-state index in [4.69, 9.17) is 9.15 Å². The van der Waals surface area contributed by atoms with Crippen LogP contribution in [0.3, 0.4) is 0 Å². The van der Waals surface area contributed by atoms with Gasteiger partial charge in [-0.2, -0.15) is 0 Å². The predicted octanol–water partition coefficient (Wildman–Crippen LogP) is 1.62. The molecule has 23 heavy (non-hydrogen) atoms. The van der Waals surface area contributed by atoms with Gasteiger partial charge in [-0.3, -0.25) is 4.90 Å². The number of likely N-dealkylation sites (N-methyl/N-ethyl adjacent to an activating group) is 1. The van der Waals surface area contributed by atoms with E-state index in [1.165, 1.54) is 0 Å². The molecule has 0 aromatic carbocycles. The summed E-state index contributed by atoms with van der Waals surface area (Å²) in [5.41, 5.74) is 1.06. The highest BCUT2D eigenvalue weighted by molar-refractivity contribution is 5.94. The molecule has 1 aliphatic rings. The summed E-state index contributed by atoms with van der Waals surface area (Å²) >= 11 is 0. The minimum Gasteiger partial charge on any atom is -0.468 e. The molecule has 1 aromatic rings. The quantitative estimate of drug-likeness (QED) is 0.746. The van der Waals surface area contributed by atoms with Crippen LogP contribution in [0.2, 0.25) is 0 Å². The molecule has 2 rings (SSSR count). The van der Waals surface area contributed by atoms with Crippen LogP contribution < -0.4 is 10.6 Å². The Balaban J connectivity index is 2.20. The Morgan fingerprint density at radius 2 is 2.17 bits per heavy atom. The molecule has 0 saturated heterocycles. The SMILES string of the molecule is CCOC(=O)C1=C(CN(C)Cc2ccco2)NC(=O)N[C@H]1CC. The summed E-state index contributed by atoms with van der Waals surface area (Å²) in [5.74, 6) is 0.423. The third kappa shape index (κ3) is 4.35. The van der Waals surface area contributed by atoms with Crippen molar-refractivity contribution in [3.8, 4) is 0 Å². The maximum absolute atomic E-state index is 12.3. The Labute approximate surface area is 135 Å². The lowest BCUT2D eigenvalue weighted by molar-refractivity contribution is -0.139. The van der Waals surface area contributed by atoms with Crippen LogP contribution in [0.1, 0.15) is 26.0 Å². The fourth-order valence-electron chi connectivity index (χ4n) is 2.58. The van der Waals surface area contributed by atoms with Gasteiger partial charge in [-0.05, 0) is 32.5 Å². The molecule has 7 nitrogen and oxygen atoms in total. The molecule has 1 atom stereocenters. The van der Waals surface area contributed by atoms with E-state index in [-0.39, 0.29) is 12.1 Å². The number of esters is 1. The molecule has 0 unspecified atom stereocenters. The van der Waals surface area contributed by atoms with Gasteiger partial charge in [0.2, 0.25) is 0 Å². The lowest BCUT2D eigenvalue weighted by Gasteiger charge is -2.30. The molecule has 1 aromatic heterocycles. The van der Waals surface area contributed by atoms with Crippen LogP contribution in [0.25, 0.3) is 0 Å². The molecule has 0 aliphatic carbocycles. The molecule has 0 bridgehead atoms. The number of carbonyl (C=O) groups is 2. The number of hydrogen-bond acceptors (Lipinski definition) is 5. The predicted molar refractivity (Wildman–Crippen MR) is 84.4 cm³/mol. The monoisotopic (exact) mass is 321 g/mol. The van der Waals surface area contributed by atoms with Crippen LogP contribution in [0.5, 0.6) is 0 Å². The highest BCUT2D eigenvalue weighted by Gasteiger charge is 2.31. The average Bonchev–Trinajstić information content (AvgIpc) is 2.99. The van der Waals surface area contributed by atoms with Crippen molar-refractivity contribution in [1.29, 1.82) is 0 Å². The van der Waals surface area contributed by atoms with E-state index >= 15 is 0 Å². The zero-order valence-corrected chi connectivity index (χ0v) is 13.7. The molecule has 126 valence electrons. The van der Waals surface area contributed by atoms with Gasteiger partial charge in [0.1, 0.15) is 5.76 Å². The molecule has 0 fully saturated rings. The van der Waals surface area contributed by atoms with Crippen LogP contribution in [-0.2, 0) is 16.1 Å². The van der Waals surface area contributed by atoms with Gasteiger partial charge in [0.15, 0.2) is 0 Å². The van der Waals surface area contributed by atoms with Crippen molar-refractivity contribution in [1.82, 2.24) is 15.5 Å². The van der Waals surface area contributed by atoms with E-state index in [0.717, 1.165) is 5.76 Å². The third-order valence-corrected chi connectivity index (χ3v) is 3.58. The number of nitrogens with zero attached hydrogens (tertiary/aromatic N) is 1.